The molecule has 0 aromatic heterocycles. The molecule has 0 saturated carbocycles. The molecule has 3 heteroatoms. The highest BCUT2D eigenvalue weighted by Crippen LogP contribution is 2.18. The fourth-order valence-corrected chi connectivity index (χ4v) is 1.50. The van der Waals surface area contributed by atoms with Gasteiger partial charge in [-0.1, -0.05) is 0 Å². The Hall–Kier alpha value is -1.12. The molecule has 1 fully saturated rings. The molecule has 58 valence electrons. The highest BCUT2D eigenvalue weighted by molar-refractivity contribution is 5.80. The van der Waals surface area contributed by atoms with Crippen LogP contribution in [0.5, 0.6) is 0 Å². The van der Waals surface area contributed by atoms with Gasteiger partial charge in [0.05, 0.1) is 6.04 Å². The van der Waals surface area contributed by atoms with Crippen molar-refractivity contribution in [3.8, 4) is 0 Å². The molecule has 0 radical (unpaired) electrons. The Bertz CT molecular complexity index is 232. The molecule has 2 heterocycles. The number of nitrogens with one attached hydrogen (secondary N) is 1. The summed E-state index contributed by atoms with van der Waals surface area (Å²) in [6, 6.07) is 0.203. The molecule has 1 saturated heterocycles. The van der Waals surface area contributed by atoms with Gasteiger partial charge in [0.25, 0.3) is 0 Å². The Morgan fingerprint density at radius 3 is 3.45 bits per heavy atom. The van der Waals surface area contributed by atoms with Gasteiger partial charge >= 0.3 is 0 Å². The smallest absolute Gasteiger partial charge is 0.220 e. The first-order valence-electron chi connectivity index (χ1n) is 3.85. The van der Waals surface area contributed by atoms with E-state index in [2.05, 4.69) is 10.3 Å². The van der Waals surface area contributed by atoms with Gasteiger partial charge in [-0.05, 0) is 12.5 Å². The van der Waals surface area contributed by atoms with Crippen molar-refractivity contribution >= 4 is 12.1 Å². The largest absolute Gasteiger partial charge is 0.349 e. The SMILES string of the molecule is O=C1CCC2C=NC=CC2N1. The Kier molecular flexibility index (Phi) is 1.49. The van der Waals surface area contributed by atoms with Crippen LogP contribution in [0, 0.1) is 5.92 Å². The lowest BCUT2D eigenvalue weighted by atomic mass is 9.90. The average molecular weight is 150 g/mol. The van der Waals surface area contributed by atoms with Crippen molar-refractivity contribution in [2.45, 2.75) is 18.9 Å². The zero-order valence-corrected chi connectivity index (χ0v) is 6.16. The van der Waals surface area contributed by atoms with Crippen molar-refractivity contribution in [2.75, 3.05) is 0 Å². The van der Waals surface area contributed by atoms with Crippen LogP contribution < -0.4 is 5.32 Å². The molecule has 2 atom stereocenters. The van der Waals surface area contributed by atoms with Crippen LogP contribution in [0.3, 0.4) is 0 Å². The molecule has 1 N–H and O–H groups in total. The van der Waals surface area contributed by atoms with Gasteiger partial charge in [0.2, 0.25) is 5.91 Å². The molecular weight excluding hydrogens is 140 g/mol. The van der Waals surface area contributed by atoms with Crippen LogP contribution in [0.4, 0.5) is 0 Å². The predicted molar refractivity (Wildman–Crippen MR) is 42.3 cm³/mol. The number of carbonyl (C=O) groups excluding carboxylic acids is 1. The van der Waals surface area contributed by atoms with E-state index in [9.17, 15) is 4.79 Å². The van der Waals surface area contributed by atoms with Crippen molar-refractivity contribution in [1.82, 2.24) is 5.32 Å². The molecule has 2 aliphatic rings. The molecule has 1 amide bonds. The maximum absolute atomic E-state index is 10.9. The topological polar surface area (TPSA) is 41.5 Å². The first-order valence-corrected chi connectivity index (χ1v) is 3.85. The molecular formula is C8H10N2O. The van der Waals surface area contributed by atoms with Gasteiger partial charge in [-0.2, -0.15) is 0 Å². The number of nitrogens with zero attached hydrogens (tertiary/aromatic N) is 1. The lowest BCUT2D eigenvalue weighted by molar-refractivity contribution is -0.123. The van der Waals surface area contributed by atoms with Gasteiger partial charge in [-0.3, -0.25) is 9.79 Å². The van der Waals surface area contributed by atoms with Gasteiger partial charge in [-0.15, -0.1) is 0 Å². The summed E-state index contributed by atoms with van der Waals surface area (Å²) in [5.41, 5.74) is 0. The highest BCUT2D eigenvalue weighted by Gasteiger charge is 2.26. The van der Waals surface area contributed by atoms with Gasteiger partial charge in [0.15, 0.2) is 0 Å². The third-order valence-corrected chi connectivity index (χ3v) is 2.15. The molecule has 0 aromatic rings. The van der Waals surface area contributed by atoms with Crippen LogP contribution in [-0.2, 0) is 4.79 Å². The summed E-state index contributed by atoms with van der Waals surface area (Å²) in [5.74, 6) is 0.587. The molecule has 2 aliphatic heterocycles. The first kappa shape index (κ1) is 6.58. The standard InChI is InChI=1S/C8H10N2O/c11-8-2-1-6-5-9-4-3-7(6)10-8/h3-7H,1-2H2,(H,10,11). The predicted octanol–water partition coefficient (Wildman–Crippen LogP) is 0.479. The number of aliphatic imine (C=N–C) groups is 1. The number of rotatable bonds is 0. The number of amides is 1. The molecule has 0 bridgehead atoms. The highest BCUT2D eigenvalue weighted by atomic mass is 16.1. The Labute approximate surface area is 65.2 Å². The molecule has 0 aromatic carbocycles. The zero-order valence-electron chi connectivity index (χ0n) is 6.16. The summed E-state index contributed by atoms with van der Waals surface area (Å²) in [6.45, 7) is 0. The molecule has 11 heavy (non-hydrogen) atoms. The monoisotopic (exact) mass is 150 g/mol. The molecule has 0 spiro atoms. The summed E-state index contributed by atoms with van der Waals surface area (Å²) < 4.78 is 0. The van der Waals surface area contributed by atoms with Crippen LogP contribution in [-0.4, -0.2) is 18.2 Å². The normalized spacial score (nSPS) is 34.7. The van der Waals surface area contributed by atoms with E-state index < -0.39 is 0 Å². The summed E-state index contributed by atoms with van der Waals surface area (Å²) in [4.78, 5) is 15.0. The second-order valence-corrected chi connectivity index (χ2v) is 2.94. The van der Waals surface area contributed by atoms with Crippen LogP contribution >= 0.6 is 0 Å². The van der Waals surface area contributed by atoms with Crippen LogP contribution in [0.15, 0.2) is 17.3 Å². The zero-order chi connectivity index (χ0) is 7.68. The van der Waals surface area contributed by atoms with Gasteiger partial charge in [0, 0.05) is 24.8 Å². The second-order valence-electron chi connectivity index (χ2n) is 2.94. The van der Waals surface area contributed by atoms with Gasteiger partial charge < -0.3 is 5.32 Å². The summed E-state index contributed by atoms with van der Waals surface area (Å²) in [7, 11) is 0. The van der Waals surface area contributed by atoms with E-state index in [0.717, 1.165) is 6.42 Å². The minimum Gasteiger partial charge on any atom is -0.349 e. The van der Waals surface area contributed by atoms with Crippen LogP contribution in [0.2, 0.25) is 0 Å². The van der Waals surface area contributed by atoms with Crippen molar-refractivity contribution in [3.63, 3.8) is 0 Å². The van der Waals surface area contributed by atoms with Gasteiger partial charge in [0.1, 0.15) is 0 Å². The van der Waals surface area contributed by atoms with E-state index in [1.807, 2.05) is 12.3 Å². The van der Waals surface area contributed by atoms with Crippen molar-refractivity contribution < 1.29 is 4.79 Å². The summed E-state index contributed by atoms with van der Waals surface area (Å²) in [6.07, 6.45) is 7.18. The van der Waals surface area contributed by atoms with Gasteiger partial charge in [-0.25, -0.2) is 0 Å². The molecule has 3 nitrogen and oxygen atoms in total. The third kappa shape index (κ3) is 1.18. The fraction of sp³-hybridized carbons (Fsp3) is 0.500. The summed E-state index contributed by atoms with van der Waals surface area (Å²) >= 11 is 0. The number of fused-ring (bicyclic) bond motifs is 1. The maximum Gasteiger partial charge on any atom is 0.220 e. The fourth-order valence-electron chi connectivity index (χ4n) is 1.50. The van der Waals surface area contributed by atoms with E-state index >= 15 is 0 Å². The van der Waals surface area contributed by atoms with Crippen LogP contribution in [0.1, 0.15) is 12.8 Å². The molecule has 2 unspecified atom stereocenters. The van der Waals surface area contributed by atoms with Crippen molar-refractivity contribution in [2.24, 2.45) is 10.9 Å². The summed E-state index contributed by atoms with van der Waals surface area (Å²) in [5, 5.41) is 2.90. The van der Waals surface area contributed by atoms with E-state index in [-0.39, 0.29) is 11.9 Å². The quantitative estimate of drug-likeness (QED) is 0.536. The number of hydrogen-bond donors (Lipinski definition) is 1. The van der Waals surface area contributed by atoms with Crippen molar-refractivity contribution in [1.29, 1.82) is 0 Å². The lowest BCUT2D eigenvalue weighted by Gasteiger charge is -2.28. The number of piperidine rings is 1. The lowest BCUT2D eigenvalue weighted by Crippen LogP contribution is -2.44. The first-order chi connectivity index (χ1) is 5.36. The van der Waals surface area contributed by atoms with E-state index in [4.69, 9.17) is 0 Å². The Morgan fingerprint density at radius 2 is 2.55 bits per heavy atom. The Balaban J connectivity index is 2.12. The molecule has 0 aliphatic carbocycles. The number of carbonyl (C=O) groups is 1. The third-order valence-electron chi connectivity index (χ3n) is 2.15. The minimum atomic E-state index is 0.159. The number of hydrogen-bond acceptors (Lipinski definition) is 2. The Morgan fingerprint density at radius 1 is 1.64 bits per heavy atom. The van der Waals surface area contributed by atoms with Crippen molar-refractivity contribution in [3.05, 3.63) is 12.3 Å². The molecule has 2 rings (SSSR count). The van der Waals surface area contributed by atoms with Crippen LogP contribution in [0.25, 0.3) is 0 Å². The van der Waals surface area contributed by atoms with E-state index in [1.165, 1.54) is 0 Å². The maximum atomic E-state index is 10.9. The second kappa shape index (κ2) is 2.49. The average Bonchev–Trinajstić information content (AvgIpc) is 2.04. The van der Waals surface area contributed by atoms with E-state index in [1.54, 1.807) is 6.20 Å². The van der Waals surface area contributed by atoms with E-state index in [0.29, 0.717) is 12.3 Å². The minimum absolute atomic E-state index is 0.159.